The van der Waals surface area contributed by atoms with E-state index in [0.717, 1.165) is 12.8 Å². The van der Waals surface area contributed by atoms with Gasteiger partial charge >= 0.3 is 0 Å². The van der Waals surface area contributed by atoms with Gasteiger partial charge in [0, 0.05) is 19.0 Å². The second kappa shape index (κ2) is 7.31. The molecule has 0 spiro atoms. The topological polar surface area (TPSA) is 64.4 Å². The van der Waals surface area contributed by atoms with Gasteiger partial charge in [-0.1, -0.05) is 0 Å². The fourth-order valence-electron chi connectivity index (χ4n) is 1.55. The molecule has 0 atom stereocenters. The molecule has 1 saturated carbocycles. The summed E-state index contributed by atoms with van der Waals surface area (Å²) >= 11 is 0. The van der Waals surface area contributed by atoms with Crippen molar-refractivity contribution in [3.05, 3.63) is 24.0 Å². The summed E-state index contributed by atoms with van der Waals surface area (Å²) in [6.07, 6.45) is 2.55. The van der Waals surface area contributed by atoms with Gasteiger partial charge in [0.1, 0.15) is 11.6 Å². The highest BCUT2D eigenvalue weighted by molar-refractivity contribution is 5.92. The molecular formula is C13H18ClFN2O2. The second-order valence-corrected chi connectivity index (χ2v) is 4.48. The van der Waals surface area contributed by atoms with Gasteiger partial charge in [-0.2, -0.15) is 0 Å². The first-order valence-electron chi connectivity index (χ1n) is 6.11. The summed E-state index contributed by atoms with van der Waals surface area (Å²) < 4.78 is 18.7. The Bertz CT molecular complexity index is 439. The van der Waals surface area contributed by atoms with Crippen LogP contribution >= 0.6 is 12.4 Å². The number of hydrogen-bond acceptors (Lipinski definition) is 3. The van der Waals surface area contributed by atoms with E-state index in [1.165, 1.54) is 18.2 Å². The fraction of sp³-hybridized carbons (Fsp3) is 0.462. The van der Waals surface area contributed by atoms with E-state index in [0.29, 0.717) is 24.0 Å². The predicted molar refractivity (Wildman–Crippen MR) is 74.2 cm³/mol. The van der Waals surface area contributed by atoms with E-state index in [2.05, 4.69) is 5.32 Å². The average molecular weight is 289 g/mol. The molecule has 1 aliphatic carbocycles. The van der Waals surface area contributed by atoms with E-state index in [4.69, 9.17) is 10.5 Å². The van der Waals surface area contributed by atoms with Crippen LogP contribution in [0.1, 0.15) is 19.3 Å². The average Bonchev–Trinajstić information content (AvgIpc) is 3.14. The van der Waals surface area contributed by atoms with Crippen LogP contribution in [0.5, 0.6) is 5.75 Å². The smallest absolute Gasteiger partial charge is 0.225 e. The van der Waals surface area contributed by atoms with Gasteiger partial charge in [-0.3, -0.25) is 4.79 Å². The maximum atomic E-state index is 13.2. The van der Waals surface area contributed by atoms with Gasteiger partial charge in [0.25, 0.3) is 0 Å². The lowest BCUT2D eigenvalue weighted by Gasteiger charge is -2.12. The molecule has 1 aliphatic rings. The maximum absolute atomic E-state index is 13.2. The van der Waals surface area contributed by atoms with Crippen molar-refractivity contribution in [2.75, 3.05) is 18.5 Å². The van der Waals surface area contributed by atoms with Crippen LogP contribution in [0.3, 0.4) is 0 Å². The third kappa shape index (κ3) is 5.04. The van der Waals surface area contributed by atoms with Crippen LogP contribution in [0, 0.1) is 11.7 Å². The van der Waals surface area contributed by atoms with Gasteiger partial charge in [-0.25, -0.2) is 4.39 Å². The molecule has 1 aromatic rings. The minimum atomic E-state index is -0.377. The van der Waals surface area contributed by atoms with Crippen molar-refractivity contribution < 1.29 is 13.9 Å². The largest absolute Gasteiger partial charge is 0.491 e. The van der Waals surface area contributed by atoms with E-state index >= 15 is 0 Å². The summed E-state index contributed by atoms with van der Waals surface area (Å²) in [5.41, 5.74) is 5.80. The molecule has 0 aliphatic heterocycles. The van der Waals surface area contributed by atoms with Gasteiger partial charge in [0.15, 0.2) is 0 Å². The van der Waals surface area contributed by atoms with Crippen molar-refractivity contribution >= 4 is 24.0 Å². The number of nitrogens with one attached hydrogen (secondary N) is 1. The van der Waals surface area contributed by atoms with Crippen molar-refractivity contribution in [1.82, 2.24) is 0 Å². The number of halogens is 2. The van der Waals surface area contributed by atoms with Crippen molar-refractivity contribution in [1.29, 1.82) is 0 Å². The molecule has 4 nitrogen and oxygen atoms in total. The molecule has 0 bridgehead atoms. The lowest BCUT2D eigenvalue weighted by atomic mass is 10.2. The van der Waals surface area contributed by atoms with Gasteiger partial charge in [0.2, 0.25) is 5.91 Å². The molecule has 19 heavy (non-hydrogen) atoms. The molecule has 6 heteroatoms. The zero-order valence-corrected chi connectivity index (χ0v) is 11.3. The second-order valence-electron chi connectivity index (χ2n) is 4.48. The number of carbonyl (C=O) groups is 1. The summed E-state index contributed by atoms with van der Waals surface area (Å²) in [6, 6.07) is 4.09. The third-order valence-corrected chi connectivity index (χ3v) is 2.76. The van der Waals surface area contributed by atoms with Gasteiger partial charge < -0.3 is 15.8 Å². The third-order valence-electron chi connectivity index (χ3n) is 2.76. The Labute approximate surface area is 117 Å². The van der Waals surface area contributed by atoms with Crippen LogP contribution in [0.15, 0.2) is 18.2 Å². The highest BCUT2D eigenvalue weighted by Gasteiger charge is 2.22. The Morgan fingerprint density at radius 1 is 1.47 bits per heavy atom. The molecule has 3 N–H and O–H groups in total. The minimum Gasteiger partial charge on any atom is -0.491 e. The van der Waals surface area contributed by atoms with Crippen LogP contribution in [0.25, 0.3) is 0 Å². The molecule has 0 heterocycles. The first-order chi connectivity index (χ1) is 8.69. The van der Waals surface area contributed by atoms with Crippen LogP contribution in [0.4, 0.5) is 10.1 Å². The normalized spacial score (nSPS) is 13.6. The highest BCUT2D eigenvalue weighted by atomic mass is 35.5. The Hall–Kier alpha value is -1.33. The quantitative estimate of drug-likeness (QED) is 0.844. The fourth-order valence-corrected chi connectivity index (χ4v) is 1.55. The number of anilines is 1. The number of benzene rings is 1. The number of rotatable bonds is 6. The molecule has 0 saturated heterocycles. The Morgan fingerprint density at radius 2 is 2.21 bits per heavy atom. The summed E-state index contributed by atoms with van der Waals surface area (Å²) in [7, 11) is 0. The molecule has 106 valence electrons. The Morgan fingerprint density at radius 3 is 2.84 bits per heavy atom. The first kappa shape index (κ1) is 15.7. The summed E-state index contributed by atoms with van der Waals surface area (Å²) in [5.74, 6) is 0.381. The molecule has 0 aromatic heterocycles. The van der Waals surface area contributed by atoms with Crippen LogP contribution in [0.2, 0.25) is 0 Å². The maximum Gasteiger partial charge on any atom is 0.225 e. The van der Waals surface area contributed by atoms with Crippen LogP contribution in [-0.2, 0) is 4.79 Å². The lowest BCUT2D eigenvalue weighted by Crippen LogP contribution is -2.17. The van der Waals surface area contributed by atoms with E-state index < -0.39 is 0 Å². The van der Waals surface area contributed by atoms with Crippen LogP contribution < -0.4 is 15.8 Å². The van der Waals surface area contributed by atoms with Gasteiger partial charge in [0.05, 0.1) is 12.3 Å². The summed E-state index contributed by atoms with van der Waals surface area (Å²) in [4.78, 5) is 11.5. The van der Waals surface area contributed by atoms with Gasteiger partial charge in [-0.05, 0) is 30.9 Å². The molecule has 0 unspecified atom stereocenters. The predicted octanol–water partition coefficient (Wildman–Crippen LogP) is 2.32. The van der Waals surface area contributed by atoms with Gasteiger partial charge in [-0.15, -0.1) is 12.4 Å². The van der Waals surface area contributed by atoms with E-state index in [1.807, 2.05) is 0 Å². The lowest BCUT2D eigenvalue weighted by molar-refractivity contribution is -0.116. The molecule has 1 aromatic carbocycles. The number of hydrogen-bond donors (Lipinski definition) is 2. The molecular weight excluding hydrogens is 271 g/mol. The van der Waals surface area contributed by atoms with Crippen molar-refractivity contribution in [2.24, 2.45) is 11.7 Å². The van der Waals surface area contributed by atoms with Crippen molar-refractivity contribution in [3.63, 3.8) is 0 Å². The number of ether oxygens (including phenoxy) is 1. The van der Waals surface area contributed by atoms with Crippen molar-refractivity contribution in [2.45, 2.75) is 19.3 Å². The monoisotopic (exact) mass is 288 g/mol. The van der Waals surface area contributed by atoms with E-state index in [-0.39, 0.29) is 37.1 Å². The number of carbonyl (C=O) groups excluding carboxylic acids is 1. The number of nitrogens with two attached hydrogens (primary N) is 1. The highest BCUT2D eigenvalue weighted by Crippen LogP contribution is 2.32. The molecule has 1 amide bonds. The summed E-state index contributed by atoms with van der Waals surface area (Å²) in [5, 5.41) is 2.67. The summed E-state index contributed by atoms with van der Waals surface area (Å²) in [6.45, 7) is 0.856. The molecule has 2 rings (SSSR count). The molecule has 1 fully saturated rings. The van der Waals surface area contributed by atoms with E-state index in [9.17, 15) is 9.18 Å². The Kier molecular flexibility index (Phi) is 6.05. The van der Waals surface area contributed by atoms with E-state index in [1.54, 1.807) is 0 Å². The Balaban J connectivity index is 0.00000180. The minimum absolute atomic E-state index is 0. The van der Waals surface area contributed by atoms with Crippen LogP contribution in [-0.4, -0.2) is 19.1 Å². The SMILES string of the molecule is Cl.NCCC(=O)Nc1ccc(F)cc1OCC1CC1. The number of amides is 1. The van der Waals surface area contributed by atoms with Crippen molar-refractivity contribution in [3.8, 4) is 5.75 Å². The molecule has 0 radical (unpaired) electrons. The zero-order valence-electron chi connectivity index (χ0n) is 10.5. The standard InChI is InChI=1S/C13H17FN2O2.ClH/c14-10-3-4-11(16-13(17)5-6-15)12(7-10)18-8-9-1-2-9;/h3-4,7,9H,1-2,5-6,8,15H2,(H,16,17);1H. The zero-order chi connectivity index (χ0) is 13.0. The first-order valence-corrected chi connectivity index (χ1v) is 6.11.